The van der Waals surface area contributed by atoms with Crippen LogP contribution in [0.15, 0.2) is 59.5 Å². The largest absolute Gasteiger partial charge is 0.444 e. The third-order valence-electron chi connectivity index (χ3n) is 5.34. The number of carbonyl (C=O) groups is 2. The molecule has 0 spiro atoms. The lowest BCUT2D eigenvalue weighted by Crippen LogP contribution is -2.50. The van der Waals surface area contributed by atoms with Gasteiger partial charge >= 0.3 is 6.09 Å². The fourth-order valence-corrected chi connectivity index (χ4v) is 3.52. The number of hydrogen-bond donors (Lipinski definition) is 2. The average molecular weight is 512 g/mol. The van der Waals surface area contributed by atoms with Crippen LogP contribution in [0.5, 0.6) is 0 Å². The zero-order valence-corrected chi connectivity index (χ0v) is 22.9. The number of amidine groups is 1. The molecule has 202 valence electrons. The smallest absolute Gasteiger partial charge is 0.410 e. The van der Waals surface area contributed by atoms with Gasteiger partial charge in [0.25, 0.3) is 5.91 Å². The number of ether oxygens (including phenoxy) is 1. The van der Waals surface area contributed by atoms with Crippen molar-refractivity contribution in [3.8, 4) is 0 Å². The maximum atomic E-state index is 12.7. The molecular formula is C27H41N7O3. The van der Waals surface area contributed by atoms with Crippen molar-refractivity contribution in [2.45, 2.75) is 46.6 Å². The monoisotopic (exact) mass is 511 g/mol. The zero-order valence-electron chi connectivity index (χ0n) is 22.9. The molecule has 0 bridgehead atoms. The van der Waals surface area contributed by atoms with E-state index in [-0.39, 0.29) is 18.5 Å². The van der Waals surface area contributed by atoms with E-state index in [2.05, 4.69) is 20.3 Å². The summed E-state index contributed by atoms with van der Waals surface area (Å²) in [6.45, 7) is 12.0. The number of amides is 2. The molecule has 3 rings (SSSR count). The first-order chi connectivity index (χ1) is 17.7. The summed E-state index contributed by atoms with van der Waals surface area (Å²) in [5.74, 6) is 0.772. The number of pyridine rings is 1. The summed E-state index contributed by atoms with van der Waals surface area (Å²) in [7, 11) is 1.81. The molecular weight excluding hydrogens is 470 g/mol. The molecule has 2 heterocycles. The number of aromatic nitrogens is 1. The Morgan fingerprint density at radius 2 is 1.86 bits per heavy atom. The molecule has 1 fully saturated rings. The number of hydrazone groups is 1. The van der Waals surface area contributed by atoms with Crippen LogP contribution in [0.1, 0.15) is 51.4 Å². The van der Waals surface area contributed by atoms with E-state index in [4.69, 9.17) is 10.5 Å². The molecule has 2 amide bonds. The molecule has 0 unspecified atom stereocenters. The lowest BCUT2D eigenvalue weighted by atomic mass is 10.2. The van der Waals surface area contributed by atoms with Crippen molar-refractivity contribution in [3.05, 3.63) is 60.0 Å². The minimum atomic E-state index is -0.517. The molecule has 0 saturated carbocycles. The Morgan fingerprint density at radius 3 is 2.46 bits per heavy atom. The lowest BCUT2D eigenvalue weighted by Gasteiger charge is -2.36. The van der Waals surface area contributed by atoms with Crippen molar-refractivity contribution in [2.24, 2.45) is 10.8 Å². The Kier molecular flexibility index (Phi) is 11.3. The normalized spacial score (nSPS) is 15.8. The molecule has 1 aromatic heterocycles. The standard InChI is InChI=1S/C25H35N7O3.C2H6/c1-25(2,3)35-24(34)32-15-13-31(14-16-32)22-12-11-19(18-27-22)23(33)28-21(17-26)29-30(4)20-9-7-5-6-8-10-20;1-2/h5-7,9-12,18H,8,13-17,26H2,1-4H3,(H,28,29,33);1-2H3. The van der Waals surface area contributed by atoms with E-state index in [0.717, 1.165) is 17.9 Å². The molecule has 1 saturated heterocycles. The van der Waals surface area contributed by atoms with Crippen LogP contribution in [0.25, 0.3) is 0 Å². The summed E-state index contributed by atoms with van der Waals surface area (Å²) in [5, 5.41) is 8.89. The Balaban J connectivity index is 0.00000235. The molecule has 1 aliphatic heterocycles. The molecule has 0 aromatic carbocycles. The van der Waals surface area contributed by atoms with Crippen molar-refractivity contribution >= 4 is 23.7 Å². The summed E-state index contributed by atoms with van der Waals surface area (Å²) < 4.78 is 5.44. The Morgan fingerprint density at radius 1 is 1.16 bits per heavy atom. The van der Waals surface area contributed by atoms with Gasteiger partial charge in [-0.1, -0.05) is 38.2 Å². The molecule has 10 nitrogen and oxygen atoms in total. The summed E-state index contributed by atoms with van der Waals surface area (Å²) in [6.07, 6.45) is 12.0. The van der Waals surface area contributed by atoms with Crippen LogP contribution in [-0.2, 0) is 4.74 Å². The number of hydrogen-bond acceptors (Lipinski definition) is 8. The van der Waals surface area contributed by atoms with E-state index in [1.54, 1.807) is 22.0 Å². The predicted octanol–water partition coefficient (Wildman–Crippen LogP) is 3.50. The molecule has 3 N–H and O–H groups in total. The highest BCUT2D eigenvalue weighted by molar-refractivity contribution is 6.06. The molecule has 0 atom stereocenters. The number of anilines is 1. The Bertz CT molecular complexity index is 1020. The summed E-state index contributed by atoms with van der Waals surface area (Å²) in [5.41, 5.74) is 6.61. The van der Waals surface area contributed by atoms with Crippen molar-refractivity contribution in [2.75, 3.05) is 44.7 Å². The van der Waals surface area contributed by atoms with Gasteiger partial charge < -0.3 is 25.6 Å². The van der Waals surface area contributed by atoms with Gasteiger partial charge in [-0.15, -0.1) is 0 Å². The van der Waals surface area contributed by atoms with Gasteiger partial charge in [0, 0.05) is 39.4 Å². The number of nitrogens with two attached hydrogens (primary N) is 1. The van der Waals surface area contributed by atoms with Gasteiger partial charge in [0.2, 0.25) is 0 Å². The van der Waals surface area contributed by atoms with Crippen molar-refractivity contribution in [1.82, 2.24) is 20.2 Å². The van der Waals surface area contributed by atoms with E-state index in [9.17, 15) is 9.59 Å². The number of nitrogens with zero attached hydrogens (tertiary/aromatic N) is 5. The SMILES string of the molecule is CC.CN(/N=C(\CN)NC(=O)c1ccc(N2CCN(C(=O)OC(C)(C)C)CC2)nc1)C1=CCC=CC=C1. The number of nitrogens with one attached hydrogen (secondary N) is 1. The van der Waals surface area contributed by atoms with Gasteiger partial charge in [0.05, 0.1) is 17.8 Å². The number of allylic oxidation sites excluding steroid dienone is 5. The van der Waals surface area contributed by atoms with Crippen molar-refractivity contribution in [1.29, 1.82) is 0 Å². The number of piperazine rings is 1. The Labute approximate surface area is 220 Å². The van der Waals surface area contributed by atoms with Crippen molar-refractivity contribution in [3.63, 3.8) is 0 Å². The average Bonchev–Trinajstić information content (AvgIpc) is 3.18. The minimum absolute atomic E-state index is 0.0821. The first kappa shape index (κ1) is 29.6. The van der Waals surface area contributed by atoms with Gasteiger partial charge in [-0.3, -0.25) is 9.80 Å². The molecule has 10 heteroatoms. The molecule has 2 aliphatic rings. The van der Waals surface area contributed by atoms with Crippen LogP contribution in [0.4, 0.5) is 10.6 Å². The molecule has 37 heavy (non-hydrogen) atoms. The quantitative estimate of drug-likeness (QED) is 0.353. The van der Waals surface area contributed by atoms with E-state index in [0.29, 0.717) is 37.6 Å². The molecule has 1 aliphatic carbocycles. The maximum Gasteiger partial charge on any atom is 0.410 e. The lowest BCUT2D eigenvalue weighted by molar-refractivity contribution is 0.0240. The van der Waals surface area contributed by atoms with Crippen LogP contribution in [0, 0.1) is 0 Å². The van der Waals surface area contributed by atoms with Crippen LogP contribution in [0.3, 0.4) is 0 Å². The molecule has 1 aromatic rings. The predicted molar refractivity (Wildman–Crippen MR) is 148 cm³/mol. The van der Waals surface area contributed by atoms with Gasteiger partial charge in [-0.2, -0.15) is 5.10 Å². The van der Waals surface area contributed by atoms with E-state index in [1.807, 2.05) is 72.0 Å². The number of carbonyl (C=O) groups excluding carboxylic acids is 2. The summed E-state index contributed by atoms with van der Waals surface area (Å²) >= 11 is 0. The van der Waals surface area contributed by atoms with Gasteiger partial charge in [-0.05, 0) is 45.4 Å². The van der Waals surface area contributed by atoms with E-state index >= 15 is 0 Å². The summed E-state index contributed by atoms with van der Waals surface area (Å²) in [6, 6.07) is 3.52. The summed E-state index contributed by atoms with van der Waals surface area (Å²) in [4.78, 5) is 33.2. The van der Waals surface area contributed by atoms with Gasteiger partial charge in [0.15, 0.2) is 0 Å². The Hall–Kier alpha value is -3.66. The highest BCUT2D eigenvalue weighted by atomic mass is 16.6. The van der Waals surface area contributed by atoms with Crippen molar-refractivity contribution < 1.29 is 14.3 Å². The molecule has 0 radical (unpaired) electrons. The van der Waals surface area contributed by atoms with Crippen LogP contribution < -0.4 is 16.0 Å². The van der Waals surface area contributed by atoms with Gasteiger partial charge in [-0.25, -0.2) is 9.78 Å². The van der Waals surface area contributed by atoms with E-state index in [1.165, 1.54) is 6.20 Å². The fourth-order valence-electron chi connectivity index (χ4n) is 3.52. The second kappa shape index (κ2) is 14.2. The second-order valence-corrected chi connectivity index (χ2v) is 9.24. The van der Waals surface area contributed by atoms with Crippen LogP contribution in [-0.4, -0.2) is 78.1 Å². The third-order valence-corrected chi connectivity index (χ3v) is 5.34. The fraction of sp³-hybridized carbons (Fsp3) is 0.481. The van der Waals surface area contributed by atoms with Gasteiger partial charge in [0.1, 0.15) is 17.3 Å². The first-order valence-corrected chi connectivity index (χ1v) is 12.7. The van der Waals surface area contributed by atoms with Crippen LogP contribution >= 0.6 is 0 Å². The highest BCUT2D eigenvalue weighted by Crippen LogP contribution is 2.17. The minimum Gasteiger partial charge on any atom is -0.444 e. The number of likely N-dealkylation sites (N-methyl/N-ethyl adjacent to an activating group) is 1. The first-order valence-electron chi connectivity index (χ1n) is 12.7. The van der Waals surface area contributed by atoms with Crippen LogP contribution in [0.2, 0.25) is 0 Å². The maximum absolute atomic E-state index is 12.7. The highest BCUT2D eigenvalue weighted by Gasteiger charge is 2.26. The third kappa shape index (κ3) is 9.38. The van der Waals surface area contributed by atoms with E-state index < -0.39 is 5.60 Å². The number of rotatable bonds is 5. The zero-order chi connectivity index (χ0) is 27.4. The topological polar surface area (TPSA) is 116 Å². The second-order valence-electron chi connectivity index (χ2n) is 9.24.